The fourth-order valence-corrected chi connectivity index (χ4v) is 3.30. The van der Waals surface area contributed by atoms with Gasteiger partial charge in [0.15, 0.2) is 11.6 Å². The number of halogens is 3. The summed E-state index contributed by atoms with van der Waals surface area (Å²) in [7, 11) is 0. The maximum Gasteiger partial charge on any atom is 0.169 e. The Hall–Kier alpha value is -2.49. The molecule has 0 saturated carbocycles. The molecule has 3 aromatic carbocycles. The quantitative estimate of drug-likeness (QED) is 0.404. The molecular formula is C23H23F3O. The summed E-state index contributed by atoms with van der Waals surface area (Å²) in [5, 5.41) is 0.0886. The van der Waals surface area contributed by atoms with E-state index in [1.807, 2.05) is 6.92 Å². The molecule has 0 spiro atoms. The average molecular weight is 372 g/mol. The number of benzene rings is 3. The summed E-state index contributed by atoms with van der Waals surface area (Å²) in [5.74, 6) is -2.12. The SMILES string of the molecule is CCCCCc1cc2ccc(-c3ccc(OCC)cc3)c(F)c2c(F)c1F. The Balaban J connectivity index is 2.03. The first-order valence-electron chi connectivity index (χ1n) is 9.39. The molecule has 0 atom stereocenters. The lowest BCUT2D eigenvalue weighted by Crippen LogP contribution is -1.99. The average Bonchev–Trinajstić information content (AvgIpc) is 2.67. The number of rotatable bonds is 7. The van der Waals surface area contributed by atoms with Gasteiger partial charge in [0.05, 0.1) is 12.0 Å². The smallest absolute Gasteiger partial charge is 0.169 e. The summed E-state index contributed by atoms with van der Waals surface area (Å²) in [5.41, 5.74) is 1.13. The fourth-order valence-electron chi connectivity index (χ4n) is 3.30. The van der Waals surface area contributed by atoms with Gasteiger partial charge in [-0.25, -0.2) is 13.2 Å². The highest BCUT2D eigenvalue weighted by Gasteiger charge is 2.19. The molecule has 27 heavy (non-hydrogen) atoms. The molecule has 0 aromatic heterocycles. The minimum Gasteiger partial charge on any atom is -0.494 e. The van der Waals surface area contributed by atoms with Crippen LogP contribution in [0.4, 0.5) is 13.2 Å². The molecule has 3 aromatic rings. The van der Waals surface area contributed by atoms with Crippen LogP contribution in [-0.4, -0.2) is 6.61 Å². The Morgan fingerprint density at radius 3 is 2.22 bits per heavy atom. The lowest BCUT2D eigenvalue weighted by atomic mass is 9.96. The van der Waals surface area contributed by atoms with Crippen molar-refractivity contribution in [3.8, 4) is 16.9 Å². The van der Waals surface area contributed by atoms with Crippen molar-refractivity contribution in [1.29, 1.82) is 0 Å². The number of hydrogen-bond acceptors (Lipinski definition) is 1. The van der Waals surface area contributed by atoms with Gasteiger partial charge in [-0.05, 0) is 54.5 Å². The first kappa shape index (κ1) is 19.3. The zero-order valence-corrected chi connectivity index (χ0v) is 15.6. The molecule has 0 unspecified atom stereocenters. The highest BCUT2D eigenvalue weighted by molar-refractivity contribution is 5.89. The van der Waals surface area contributed by atoms with Crippen LogP contribution in [0.15, 0.2) is 42.5 Å². The van der Waals surface area contributed by atoms with Crippen LogP contribution in [0.2, 0.25) is 0 Å². The van der Waals surface area contributed by atoms with E-state index in [1.165, 1.54) is 0 Å². The second kappa shape index (κ2) is 8.47. The molecule has 0 aliphatic heterocycles. The van der Waals surface area contributed by atoms with E-state index >= 15 is 4.39 Å². The van der Waals surface area contributed by atoms with Crippen LogP contribution in [0.25, 0.3) is 21.9 Å². The molecule has 3 rings (SSSR count). The molecule has 1 nitrogen and oxygen atoms in total. The summed E-state index contributed by atoms with van der Waals surface area (Å²) in [6.07, 6.45) is 3.18. The van der Waals surface area contributed by atoms with Gasteiger partial charge in [-0.2, -0.15) is 0 Å². The van der Waals surface area contributed by atoms with E-state index in [2.05, 4.69) is 6.92 Å². The molecule has 0 heterocycles. The van der Waals surface area contributed by atoms with Gasteiger partial charge in [0.25, 0.3) is 0 Å². The maximum atomic E-state index is 15.0. The van der Waals surface area contributed by atoms with E-state index in [1.54, 1.807) is 42.5 Å². The minimum atomic E-state index is -1.11. The molecule has 0 saturated heterocycles. The van der Waals surface area contributed by atoms with Gasteiger partial charge >= 0.3 is 0 Å². The summed E-state index contributed by atoms with van der Waals surface area (Å²) >= 11 is 0. The Bertz CT molecular complexity index is 933. The summed E-state index contributed by atoms with van der Waals surface area (Å²) in [4.78, 5) is 0. The van der Waals surface area contributed by atoms with Crippen LogP contribution >= 0.6 is 0 Å². The van der Waals surface area contributed by atoms with E-state index in [0.717, 1.165) is 19.3 Å². The Morgan fingerprint density at radius 1 is 0.815 bits per heavy atom. The highest BCUT2D eigenvalue weighted by atomic mass is 19.2. The van der Waals surface area contributed by atoms with Crippen molar-refractivity contribution in [3.05, 3.63) is 65.5 Å². The number of aryl methyl sites for hydroxylation is 1. The molecule has 0 bridgehead atoms. The third-order valence-corrected chi connectivity index (χ3v) is 4.72. The van der Waals surface area contributed by atoms with Crippen LogP contribution in [-0.2, 0) is 6.42 Å². The van der Waals surface area contributed by atoms with Gasteiger partial charge in [0.2, 0.25) is 0 Å². The van der Waals surface area contributed by atoms with Gasteiger partial charge in [0, 0.05) is 5.56 Å². The third-order valence-electron chi connectivity index (χ3n) is 4.72. The van der Waals surface area contributed by atoms with Crippen molar-refractivity contribution in [1.82, 2.24) is 0 Å². The highest BCUT2D eigenvalue weighted by Crippen LogP contribution is 2.33. The monoisotopic (exact) mass is 372 g/mol. The minimum absolute atomic E-state index is 0.239. The van der Waals surface area contributed by atoms with Crippen LogP contribution in [0, 0.1) is 17.5 Å². The maximum absolute atomic E-state index is 15.0. The number of unbranched alkanes of at least 4 members (excludes halogenated alkanes) is 2. The van der Waals surface area contributed by atoms with Crippen LogP contribution < -0.4 is 4.74 Å². The summed E-state index contributed by atoms with van der Waals surface area (Å²) < 4.78 is 49.5. The predicted molar refractivity (Wildman–Crippen MR) is 104 cm³/mol. The fraction of sp³-hybridized carbons (Fsp3) is 0.304. The van der Waals surface area contributed by atoms with E-state index < -0.39 is 17.5 Å². The Kier molecular flexibility index (Phi) is 6.04. The molecule has 0 N–H and O–H groups in total. The van der Waals surface area contributed by atoms with Crippen molar-refractivity contribution < 1.29 is 17.9 Å². The van der Waals surface area contributed by atoms with Crippen molar-refractivity contribution in [3.63, 3.8) is 0 Å². The number of hydrogen-bond donors (Lipinski definition) is 0. The van der Waals surface area contributed by atoms with E-state index in [4.69, 9.17) is 4.74 Å². The lowest BCUT2D eigenvalue weighted by Gasteiger charge is -2.12. The first-order valence-corrected chi connectivity index (χ1v) is 9.39. The Labute approximate surface area is 157 Å². The number of fused-ring (bicyclic) bond motifs is 1. The third kappa shape index (κ3) is 3.95. The van der Waals surface area contributed by atoms with Crippen LogP contribution in [0.3, 0.4) is 0 Å². The second-order valence-electron chi connectivity index (χ2n) is 6.60. The summed E-state index contributed by atoms with van der Waals surface area (Å²) in [6.45, 7) is 4.47. The van der Waals surface area contributed by atoms with Crippen molar-refractivity contribution in [2.45, 2.75) is 39.5 Å². The molecule has 0 fully saturated rings. The standard InChI is InChI=1S/C23H23F3O/c1-3-5-6-7-17-14-16-10-13-19(22(25)20(16)23(26)21(17)24)15-8-11-18(12-9-15)27-4-2/h8-14H,3-7H2,1-2H3. The normalized spacial score (nSPS) is 11.1. The summed E-state index contributed by atoms with van der Waals surface area (Å²) in [6, 6.07) is 11.7. The molecule has 0 amide bonds. The predicted octanol–water partition coefficient (Wildman–Crippen LogP) is 7.06. The van der Waals surface area contributed by atoms with E-state index in [9.17, 15) is 8.78 Å². The van der Waals surface area contributed by atoms with E-state index in [0.29, 0.717) is 35.3 Å². The zero-order chi connectivity index (χ0) is 19.4. The molecule has 0 aliphatic rings. The zero-order valence-electron chi connectivity index (χ0n) is 15.6. The first-order chi connectivity index (χ1) is 13.1. The van der Waals surface area contributed by atoms with Gasteiger partial charge in [-0.1, -0.05) is 44.0 Å². The largest absolute Gasteiger partial charge is 0.494 e. The van der Waals surface area contributed by atoms with Crippen LogP contribution in [0.1, 0.15) is 38.7 Å². The van der Waals surface area contributed by atoms with Gasteiger partial charge in [0.1, 0.15) is 11.6 Å². The molecule has 0 aliphatic carbocycles. The topological polar surface area (TPSA) is 9.23 Å². The van der Waals surface area contributed by atoms with Crippen molar-refractivity contribution >= 4 is 10.8 Å². The molecule has 142 valence electrons. The van der Waals surface area contributed by atoms with Gasteiger partial charge in [-0.15, -0.1) is 0 Å². The molecular weight excluding hydrogens is 349 g/mol. The van der Waals surface area contributed by atoms with Crippen molar-refractivity contribution in [2.75, 3.05) is 6.61 Å². The lowest BCUT2D eigenvalue weighted by molar-refractivity contribution is 0.340. The van der Waals surface area contributed by atoms with Gasteiger partial charge < -0.3 is 4.74 Å². The van der Waals surface area contributed by atoms with Crippen LogP contribution in [0.5, 0.6) is 5.75 Å². The molecule has 4 heteroatoms. The van der Waals surface area contributed by atoms with E-state index in [-0.39, 0.29) is 10.9 Å². The van der Waals surface area contributed by atoms with Gasteiger partial charge in [-0.3, -0.25) is 0 Å². The van der Waals surface area contributed by atoms with Crippen molar-refractivity contribution in [2.24, 2.45) is 0 Å². The Morgan fingerprint density at radius 2 is 1.56 bits per heavy atom. The molecule has 0 radical (unpaired) electrons. The second-order valence-corrected chi connectivity index (χ2v) is 6.60. The number of ether oxygens (including phenoxy) is 1.